The SMILES string of the molecule is Cc1cc(-c2ccc(CC(=O)C[C@@H](C)c3ccc4ccccc4c3)cc2)ccn1. The average Bonchev–Trinajstić information content (AvgIpc) is 2.74. The zero-order valence-corrected chi connectivity index (χ0v) is 16.9. The maximum Gasteiger partial charge on any atom is 0.137 e. The first-order chi connectivity index (χ1) is 14.1. The van der Waals surface area contributed by atoms with Crippen LogP contribution in [0, 0.1) is 6.92 Å². The number of Topliss-reactive ketones (excluding diaryl/α,β-unsaturated/α-hetero) is 1. The minimum atomic E-state index is 0.214. The van der Waals surface area contributed by atoms with Gasteiger partial charge in [-0.15, -0.1) is 0 Å². The van der Waals surface area contributed by atoms with Crippen molar-refractivity contribution in [3.63, 3.8) is 0 Å². The summed E-state index contributed by atoms with van der Waals surface area (Å²) >= 11 is 0. The Balaban J connectivity index is 1.41. The van der Waals surface area contributed by atoms with Gasteiger partial charge in [0.1, 0.15) is 5.78 Å². The van der Waals surface area contributed by atoms with Gasteiger partial charge in [0.05, 0.1) is 0 Å². The Hall–Kier alpha value is -3.26. The molecule has 0 saturated carbocycles. The van der Waals surface area contributed by atoms with Crippen molar-refractivity contribution in [1.29, 1.82) is 0 Å². The Labute approximate surface area is 172 Å². The van der Waals surface area contributed by atoms with Crippen LogP contribution in [0.3, 0.4) is 0 Å². The van der Waals surface area contributed by atoms with Crippen molar-refractivity contribution in [2.24, 2.45) is 0 Å². The number of pyridine rings is 1. The number of hydrogen-bond acceptors (Lipinski definition) is 2. The number of hydrogen-bond donors (Lipinski definition) is 0. The molecule has 0 amide bonds. The second-order valence-electron chi connectivity index (χ2n) is 7.81. The van der Waals surface area contributed by atoms with Crippen molar-refractivity contribution in [2.75, 3.05) is 0 Å². The monoisotopic (exact) mass is 379 g/mol. The molecule has 1 atom stereocenters. The number of rotatable bonds is 6. The van der Waals surface area contributed by atoms with Gasteiger partial charge in [-0.25, -0.2) is 0 Å². The average molecular weight is 380 g/mol. The van der Waals surface area contributed by atoms with Crippen LogP contribution < -0.4 is 0 Å². The Kier molecular flexibility index (Phi) is 5.53. The van der Waals surface area contributed by atoms with E-state index in [4.69, 9.17) is 0 Å². The van der Waals surface area contributed by atoms with Gasteiger partial charge in [0.2, 0.25) is 0 Å². The number of benzene rings is 3. The molecule has 4 aromatic rings. The van der Waals surface area contributed by atoms with Gasteiger partial charge in [-0.05, 0) is 58.0 Å². The summed E-state index contributed by atoms with van der Waals surface area (Å²) in [7, 11) is 0. The van der Waals surface area contributed by atoms with E-state index in [2.05, 4.69) is 84.7 Å². The smallest absolute Gasteiger partial charge is 0.137 e. The molecule has 29 heavy (non-hydrogen) atoms. The molecule has 0 radical (unpaired) electrons. The molecular weight excluding hydrogens is 354 g/mol. The number of nitrogens with zero attached hydrogens (tertiary/aromatic N) is 1. The van der Waals surface area contributed by atoms with Gasteiger partial charge < -0.3 is 0 Å². The fourth-order valence-electron chi connectivity index (χ4n) is 3.81. The molecule has 2 heteroatoms. The van der Waals surface area contributed by atoms with Crippen LogP contribution >= 0.6 is 0 Å². The van der Waals surface area contributed by atoms with E-state index in [-0.39, 0.29) is 11.7 Å². The highest BCUT2D eigenvalue weighted by atomic mass is 16.1. The molecule has 0 unspecified atom stereocenters. The predicted molar refractivity (Wildman–Crippen MR) is 120 cm³/mol. The molecule has 0 saturated heterocycles. The van der Waals surface area contributed by atoms with Crippen molar-refractivity contribution in [3.8, 4) is 11.1 Å². The summed E-state index contributed by atoms with van der Waals surface area (Å²) in [6.45, 7) is 4.13. The Morgan fingerprint density at radius 3 is 2.38 bits per heavy atom. The van der Waals surface area contributed by atoms with E-state index in [9.17, 15) is 4.79 Å². The van der Waals surface area contributed by atoms with Crippen LogP contribution in [0.15, 0.2) is 85.1 Å². The lowest BCUT2D eigenvalue weighted by atomic mass is 9.91. The molecule has 0 aliphatic carbocycles. The van der Waals surface area contributed by atoms with Gasteiger partial charge in [0.25, 0.3) is 0 Å². The van der Waals surface area contributed by atoms with E-state index in [0.29, 0.717) is 12.8 Å². The molecule has 3 aromatic carbocycles. The first kappa shape index (κ1) is 19.1. The molecule has 0 aliphatic heterocycles. The maximum absolute atomic E-state index is 12.7. The fraction of sp³-hybridized carbons (Fsp3) is 0.185. The van der Waals surface area contributed by atoms with Crippen molar-refractivity contribution >= 4 is 16.6 Å². The fourth-order valence-corrected chi connectivity index (χ4v) is 3.81. The van der Waals surface area contributed by atoms with E-state index in [1.807, 2.05) is 19.2 Å². The Morgan fingerprint density at radius 1 is 0.862 bits per heavy atom. The van der Waals surface area contributed by atoms with Crippen LogP contribution in [-0.4, -0.2) is 10.8 Å². The van der Waals surface area contributed by atoms with Crippen molar-refractivity contribution in [1.82, 2.24) is 4.98 Å². The maximum atomic E-state index is 12.7. The van der Waals surface area contributed by atoms with Gasteiger partial charge in [-0.1, -0.05) is 73.7 Å². The van der Waals surface area contributed by atoms with Crippen LogP contribution in [-0.2, 0) is 11.2 Å². The van der Waals surface area contributed by atoms with Crippen LogP contribution in [0.5, 0.6) is 0 Å². The van der Waals surface area contributed by atoms with E-state index in [0.717, 1.165) is 22.4 Å². The summed E-state index contributed by atoms with van der Waals surface area (Å²) < 4.78 is 0. The van der Waals surface area contributed by atoms with Crippen molar-refractivity contribution < 1.29 is 4.79 Å². The minimum Gasteiger partial charge on any atom is -0.299 e. The summed E-state index contributed by atoms with van der Waals surface area (Å²) in [5.74, 6) is 0.490. The number of carbonyl (C=O) groups excluding carboxylic acids is 1. The summed E-state index contributed by atoms with van der Waals surface area (Å²) in [5, 5.41) is 2.46. The highest BCUT2D eigenvalue weighted by Crippen LogP contribution is 2.25. The lowest BCUT2D eigenvalue weighted by Gasteiger charge is -2.12. The Bertz CT molecular complexity index is 1140. The number of fused-ring (bicyclic) bond motifs is 1. The van der Waals surface area contributed by atoms with Gasteiger partial charge in [0, 0.05) is 24.7 Å². The number of ketones is 1. The quantitative estimate of drug-likeness (QED) is 0.382. The third-order valence-corrected chi connectivity index (χ3v) is 5.46. The van der Waals surface area contributed by atoms with E-state index in [1.165, 1.54) is 16.3 Å². The van der Waals surface area contributed by atoms with Gasteiger partial charge in [-0.2, -0.15) is 0 Å². The molecule has 144 valence electrons. The predicted octanol–water partition coefficient (Wildman–Crippen LogP) is 6.52. The summed E-state index contributed by atoms with van der Waals surface area (Å²) in [4.78, 5) is 16.9. The largest absolute Gasteiger partial charge is 0.299 e. The second kappa shape index (κ2) is 8.40. The van der Waals surface area contributed by atoms with Gasteiger partial charge in [-0.3, -0.25) is 9.78 Å². The van der Waals surface area contributed by atoms with E-state index in [1.54, 1.807) is 0 Å². The minimum absolute atomic E-state index is 0.214. The molecule has 0 fully saturated rings. The zero-order valence-electron chi connectivity index (χ0n) is 16.9. The highest BCUT2D eigenvalue weighted by molar-refractivity contribution is 5.84. The Morgan fingerprint density at radius 2 is 1.62 bits per heavy atom. The number of aromatic nitrogens is 1. The standard InChI is InChI=1S/C27H25NO/c1-19(24-12-11-22-5-3-4-6-25(22)18-24)15-27(29)17-21-7-9-23(10-8-21)26-13-14-28-20(2)16-26/h3-14,16,18-19H,15,17H2,1-2H3/t19-/m1/s1. The molecule has 0 aliphatic rings. The number of carbonyl (C=O) groups is 1. The normalized spacial score (nSPS) is 12.1. The molecule has 0 bridgehead atoms. The third kappa shape index (κ3) is 4.60. The van der Waals surface area contributed by atoms with Crippen LogP contribution in [0.2, 0.25) is 0 Å². The molecule has 1 heterocycles. The first-order valence-electron chi connectivity index (χ1n) is 10.1. The topological polar surface area (TPSA) is 30.0 Å². The zero-order chi connectivity index (χ0) is 20.2. The van der Waals surface area contributed by atoms with Crippen LogP contribution in [0.4, 0.5) is 0 Å². The second-order valence-corrected chi connectivity index (χ2v) is 7.81. The molecule has 4 rings (SSSR count). The van der Waals surface area contributed by atoms with Gasteiger partial charge >= 0.3 is 0 Å². The lowest BCUT2D eigenvalue weighted by molar-refractivity contribution is -0.118. The first-order valence-corrected chi connectivity index (χ1v) is 10.1. The molecule has 0 N–H and O–H groups in total. The van der Waals surface area contributed by atoms with Crippen LogP contribution in [0.1, 0.15) is 36.1 Å². The summed E-state index contributed by atoms with van der Waals surface area (Å²) in [6, 6.07) is 27.2. The van der Waals surface area contributed by atoms with Crippen molar-refractivity contribution in [2.45, 2.75) is 32.6 Å². The lowest BCUT2D eigenvalue weighted by Crippen LogP contribution is -2.07. The van der Waals surface area contributed by atoms with Crippen molar-refractivity contribution in [3.05, 3.63) is 102 Å². The van der Waals surface area contributed by atoms with Crippen LogP contribution in [0.25, 0.3) is 21.9 Å². The molecule has 0 spiro atoms. The summed E-state index contributed by atoms with van der Waals surface area (Å²) in [6.07, 6.45) is 2.87. The van der Waals surface area contributed by atoms with E-state index >= 15 is 0 Å². The molecule has 1 aromatic heterocycles. The third-order valence-electron chi connectivity index (χ3n) is 5.46. The molecular formula is C27H25NO. The molecule has 2 nitrogen and oxygen atoms in total. The highest BCUT2D eigenvalue weighted by Gasteiger charge is 2.13. The number of aryl methyl sites for hydroxylation is 1. The van der Waals surface area contributed by atoms with Gasteiger partial charge in [0.15, 0.2) is 0 Å². The van der Waals surface area contributed by atoms with E-state index < -0.39 is 0 Å². The summed E-state index contributed by atoms with van der Waals surface area (Å²) in [5.41, 5.74) is 5.59.